The van der Waals surface area contributed by atoms with E-state index in [2.05, 4.69) is 5.10 Å². The molecular formula is C16H19FN2O3. The third-order valence-corrected chi connectivity index (χ3v) is 3.79. The molecule has 2 unspecified atom stereocenters. The Labute approximate surface area is 128 Å². The first-order valence-electron chi connectivity index (χ1n) is 7.26. The fraction of sp³-hybridized carbons (Fsp3) is 0.438. The number of carbonyl (C=O) groups excluding carboxylic acids is 1. The van der Waals surface area contributed by atoms with Crippen LogP contribution in [-0.4, -0.2) is 39.7 Å². The van der Waals surface area contributed by atoms with E-state index in [-0.39, 0.29) is 11.8 Å². The minimum absolute atomic E-state index is 0.0460. The number of hydrogen-bond acceptors (Lipinski definition) is 4. The van der Waals surface area contributed by atoms with Gasteiger partial charge in [-0.15, -0.1) is 0 Å². The van der Waals surface area contributed by atoms with E-state index in [0.717, 1.165) is 0 Å². The molecule has 0 aromatic heterocycles. The number of hydrazone groups is 1. The van der Waals surface area contributed by atoms with Crippen molar-refractivity contribution in [2.24, 2.45) is 11.0 Å². The summed E-state index contributed by atoms with van der Waals surface area (Å²) in [6.45, 7) is 5.62. The number of halogens is 1. The summed E-state index contributed by atoms with van der Waals surface area (Å²) < 4.78 is 13.0. The van der Waals surface area contributed by atoms with Crippen LogP contribution in [0.1, 0.15) is 32.8 Å². The van der Waals surface area contributed by atoms with Crippen molar-refractivity contribution in [1.29, 1.82) is 0 Å². The first-order valence-corrected chi connectivity index (χ1v) is 7.26. The van der Waals surface area contributed by atoms with Gasteiger partial charge in [0, 0.05) is 11.6 Å². The summed E-state index contributed by atoms with van der Waals surface area (Å²) in [4.78, 5) is 24.1. The third kappa shape index (κ3) is 2.86. The number of ketones is 1. The van der Waals surface area contributed by atoms with Crippen molar-refractivity contribution in [3.63, 3.8) is 0 Å². The van der Waals surface area contributed by atoms with Crippen LogP contribution in [0.3, 0.4) is 0 Å². The molecule has 22 heavy (non-hydrogen) atoms. The minimum Gasteiger partial charge on any atom is -0.481 e. The summed E-state index contributed by atoms with van der Waals surface area (Å²) in [6, 6.07) is 4.81. The summed E-state index contributed by atoms with van der Waals surface area (Å²) in [5.41, 5.74) is 0.503. The highest BCUT2D eigenvalue weighted by Gasteiger charge is 2.44. The van der Waals surface area contributed by atoms with E-state index in [1.165, 1.54) is 24.3 Å². The van der Waals surface area contributed by atoms with Crippen LogP contribution in [0.4, 0.5) is 4.39 Å². The molecule has 0 spiro atoms. The third-order valence-electron chi connectivity index (χ3n) is 3.79. The number of aliphatic carboxylic acids is 1. The zero-order valence-electron chi connectivity index (χ0n) is 12.8. The van der Waals surface area contributed by atoms with Crippen molar-refractivity contribution in [1.82, 2.24) is 5.01 Å². The van der Waals surface area contributed by atoms with Gasteiger partial charge in [0.05, 0.1) is 6.04 Å². The first kappa shape index (κ1) is 16.1. The number of rotatable bonds is 4. The topological polar surface area (TPSA) is 70.0 Å². The van der Waals surface area contributed by atoms with Gasteiger partial charge in [-0.2, -0.15) is 5.10 Å². The van der Waals surface area contributed by atoms with Crippen molar-refractivity contribution >= 4 is 17.5 Å². The van der Waals surface area contributed by atoms with Gasteiger partial charge in [-0.05, 0) is 44.5 Å². The van der Waals surface area contributed by atoms with Crippen LogP contribution < -0.4 is 0 Å². The maximum atomic E-state index is 13.0. The Kier molecular flexibility index (Phi) is 4.59. The van der Waals surface area contributed by atoms with E-state index in [1.54, 1.807) is 5.01 Å². The first-order chi connectivity index (χ1) is 10.4. The van der Waals surface area contributed by atoms with Crippen molar-refractivity contribution in [3.05, 3.63) is 35.6 Å². The maximum Gasteiger partial charge on any atom is 0.316 e. The van der Waals surface area contributed by atoms with Crippen LogP contribution in [0.5, 0.6) is 0 Å². The number of carbonyl (C=O) groups is 2. The number of carboxylic acids is 1. The van der Waals surface area contributed by atoms with Crippen LogP contribution in [-0.2, 0) is 9.59 Å². The zero-order valence-corrected chi connectivity index (χ0v) is 12.8. The van der Waals surface area contributed by atoms with Gasteiger partial charge in [-0.1, -0.05) is 6.92 Å². The maximum absolute atomic E-state index is 13.0. The Morgan fingerprint density at radius 1 is 1.36 bits per heavy atom. The molecule has 1 N–H and O–H groups in total. The molecular weight excluding hydrogens is 287 g/mol. The predicted octanol–water partition coefficient (Wildman–Crippen LogP) is 2.30. The van der Waals surface area contributed by atoms with Gasteiger partial charge in [-0.25, -0.2) is 4.39 Å². The van der Waals surface area contributed by atoms with Crippen LogP contribution in [0.2, 0.25) is 0 Å². The molecule has 2 rings (SSSR count). The lowest BCUT2D eigenvalue weighted by atomic mass is 9.86. The Balaban J connectivity index is 2.54. The molecule has 1 aromatic rings. The van der Waals surface area contributed by atoms with Crippen LogP contribution in [0.15, 0.2) is 29.4 Å². The summed E-state index contributed by atoms with van der Waals surface area (Å²) in [5, 5.41) is 15.5. The van der Waals surface area contributed by atoms with E-state index >= 15 is 0 Å². The van der Waals surface area contributed by atoms with Gasteiger partial charge in [0.15, 0.2) is 5.78 Å². The molecule has 0 saturated carbocycles. The standard InChI is InChI=1S/C16H19FN2O3/c1-4-12-13(16(21)22)15(20)14(18-19(12)9(2)3)10-5-7-11(17)8-6-10/h5-9,12-13H,4H2,1-3H3,(H,21,22). The Morgan fingerprint density at radius 2 is 1.95 bits per heavy atom. The van der Waals surface area contributed by atoms with E-state index in [9.17, 15) is 19.1 Å². The van der Waals surface area contributed by atoms with E-state index in [4.69, 9.17) is 0 Å². The minimum atomic E-state index is -1.16. The van der Waals surface area contributed by atoms with Crippen molar-refractivity contribution in [2.75, 3.05) is 0 Å². The van der Waals surface area contributed by atoms with Crippen molar-refractivity contribution < 1.29 is 19.1 Å². The van der Waals surface area contributed by atoms with Gasteiger partial charge >= 0.3 is 5.97 Å². The molecule has 1 aliphatic rings. The average molecular weight is 306 g/mol. The quantitative estimate of drug-likeness (QED) is 0.867. The van der Waals surface area contributed by atoms with E-state index in [1.807, 2.05) is 20.8 Å². The smallest absolute Gasteiger partial charge is 0.316 e. The fourth-order valence-corrected chi connectivity index (χ4v) is 2.72. The van der Waals surface area contributed by atoms with Crippen LogP contribution >= 0.6 is 0 Å². The van der Waals surface area contributed by atoms with Crippen molar-refractivity contribution in [3.8, 4) is 0 Å². The molecule has 5 nitrogen and oxygen atoms in total. The molecule has 0 amide bonds. The molecule has 0 radical (unpaired) electrons. The molecule has 1 aliphatic heterocycles. The molecule has 1 heterocycles. The fourth-order valence-electron chi connectivity index (χ4n) is 2.72. The summed E-state index contributed by atoms with van der Waals surface area (Å²) >= 11 is 0. The normalized spacial score (nSPS) is 22.0. The molecule has 118 valence electrons. The largest absolute Gasteiger partial charge is 0.481 e. The lowest BCUT2D eigenvalue weighted by molar-refractivity contribution is -0.148. The Bertz CT molecular complexity index is 610. The highest BCUT2D eigenvalue weighted by atomic mass is 19.1. The summed E-state index contributed by atoms with van der Waals surface area (Å²) in [5.74, 6) is -3.26. The van der Waals surface area contributed by atoms with Gasteiger partial charge in [0.2, 0.25) is 0 Å². The molecule has 0 fully saturated rings. The molecule has 0 saturated heterocycles. The lowest BCUT2D eigenvalue weighted by Gasteiger charge is -2.39. The molecule has 6 heteroatoms. The molecule has 1 aromatic carbocycles. The SMILES string of the molecule is CCC1C(C(=O)O)C(=O)C(c2ccc(F)cc2)=NN1C(C)C. The highest BCUT2D eigenvalue weighted by molar-refractivity contribution is 6.49. The van der Waals surface area contributed by atoms with Gasteiger partial charge < -0.3 is 5.11 Å². The second-order valence-corrected chi connectivity index (χ2v) is 5.59. The number of nitrogens with zero attached hydrogens (tertiary/aromatic N) is 2. The number of benzene rings is 1. The zero-order chi connectivity index (χ0) is 16.4. The number of carboxylic acid groups (broad SMARTS) is 1. The summed E-state index contributed by atoms with van der Waals surface area (Å²) in [6.07, 6.45) is 0.501. The highest BCUT2D eigenvalue weighted by Crippen LogP contribution is 2.27. The van der Waals surface area contributed by atoms with Crippen LogP contribution in [0, 0.1) is 11.7 Å². The number of Topliss-reactive ketones (excluding diaryl/α,β-unsaturated/α-hetero) is 1. The second kappa shape index (κ2) is 6.25. The monoisotopic (exact) mass is 306 g/mol. The molecule has 0 bridgehead atoms. The lowest BCUT2D eigenvalue weighted by Crippen LogP contribution is -2.53. The van der Waals surface area contributed by atoms with Crippen molar-refractivity contribution in [2.45, 2.75) is 39.3 Å². The van der Waals surface area contributed by atoms with Gasteiger partial charge in [0.1, 0.15) is 17.4 Å². The second-order valence-electron chi connectivity index (χ2n) is 5.59. The molecule has 2 atom stereocenters. The van der Waals surface area contributed by atoms with Crippen LogP contribution in [0.25, 0.3) is 0 Å². The van der Waals surface area contributed by atoms with E-state index in [0.29, 0.717) is 12.0 Å². The molecule has 0 aliphatic carbocycles. The van der Waals surface area contributed by atoms with Gasteiger partial charge in [-0.3, -0.25) is 14.6 Å². The Morgan fingerprint density at radius 3 is 2.41 bits per heavy atom. The summed E-state index contributed by atoms with van der Waals surface area (Å²) in [7, 11) is 0. The average Bonchev–Trinajstić information content (AvgIpc) is 2.46. The Hall–Kier alpha value is -2.24. The van der Waals surface area contributed by atoms with E-state index < -0.39 is 29.5 Å². The van der Waals surface area contributed by atoms with Gasteiger partial charge in [0.25, 0.3) is 0 Å². The number of hydrogen-bond donors (Lipinski definition) is 1. The predicted molar refractivity (Wildman–Crippen MR) is 80.1 cm³/mol.